The van der Waals surface area contributed by atoms with Crippen LogP contribution in [0.15, 0.2) is 18.2 Å². The summed E-state index contributed by atoms with van der Waals surface area (Å²) in [5, 5.41) is 20.9. The number of carboxylic acids is 1. The van der Waals surface area contributed by atoms with Gasteiger partial charge >= 0.3 is 5.97 Å². The van der Waals surface area contributed by atoms with Gasteiger partial charge in [0.05, 0.1) is 12.7 Å². The van der Waals surface area contributed by atoms with E-state index in [4.69, 9.17) is 15.6 Å². The molecule has 0 spiro atoms. The molecule has 0 aliphatic rings. The number of rotatable bonds is 7. The zero-order valence-corrected chi connectivity index (χ0v) is 11.3. The standard InChI is InChI=1S/C13H16N2O6/c1-21-7-2-3-8(10(16)6-7)12(18)15-9(13(19)20)4-5-11(14)17/h2-3,6,9,16H,4-5H2,1H3,(H2,14,17)(H,15,18)(H,19,20)/t9-/m1/s1. The van der Waals surface area contributed by atoms with E-state index in [1.165, 1.54) is 25.3 Å². The van der Waals surface area contributed by atoms with Gasteiger partial charge in [-0.25, -0.2) is 4.79 Å². The second kappa shape index (κ2) is 7.13. The molecule has 0 aliphatic heterocycles. The number of methoxy groups -OCH3 is 1. The minimum absolute atomic E-state index is 0.0962. The Labute approximate surface area is 120 Å². The number of benzene rings is 1. The highest BCUT2D eigenvalue weighted by atomic mass is 16.5. The number of ether oxygens (including phenoxy) is 1. The Hall–Kier alpha value is -2.77. The summed E-state index contributed by atoms with van der Waals surface area (Å²) in [6.07, 6.45) is -0.306. The van der Waals surface area contributed by atoms with Gasteiger partial charge in [0.25, 0.3) is 5.91 Å². The number of phenolic OH excluding ortho intramolecular Hbond substituents is 1. The molecule has 0 radical (unpaired) electrons. The van der Waals surface area contributed by atoms with E-state index >= 15 is 0 Å². The molecule has 114 valence electrons. The van der Waals surface area contributed by atoms with Gasteiger partial charge in [0, 0.05) is 12.5 Å². The van der Waals surface area contributed by atoms with E-state index in [0.717, 1.165) is 0 Å². The molecule has 1 aromatic rings. The van der Waals surface area contributed by atoms with Gasteiger partial charge in [0.1, 0.15) is 17.5 Å². The van der Waals surface area contributed by atoms with Crippen LogP contribution in [0.2, 0.25) is 0 Å². The average Bonchev–Trinajstić information content (AvgIpc) is 2.42. The van der Waals surface area contributed by atoms with E-state index in [2.05, 4.69) is 5.32 Å². The summed E-state index contributed by atoms with van der Waals surface area (Å²) in [4.78, 5) is 33.6. The first-order valence-electron chi connectivity index (χ1n) is 6.04. The summed E-state index contributed by atoms with van der Waals surface area (Å²) < 4.78 is 4.88. The lowest BCUT2D eigenvalue weighted by Gasteiger charge is -2.14. The van der Waals surface area contributed by atoms with E-state index in [9.17, 15) is 19.5 Å². The molecule has 0 bridgehead atoms. The van der Waals surface area contributed by atoms with Crippen molar-refractivity contribution >= 4 is 17.8 Å². The Morgan fingerprint density at radius 1 is 1.38 bits per heavy atom. The lowest BCUT2D eigenvalue weighted by molar-refractivity contribution is -0.139. The number of hydrogen-bond acceptors (Lipinski definition) is 5. The second-order valence-electron chi connectivity index (χ2n) is 4.25. The Kier molecular flexibility index (Phi) is 5.53. The van der Waals surface area contributed by atoms with Crippen LogP contribution in [0.1, 0.15) is 23.2 Å². The Balaban J connectivity index is 2.82. The number of hydrogen-bond donors (Lipinski definition) is 4. The van der Waals surface area contributed by atoms with Crippen LogP contribution in [0.4, 0.5) is 0 Å². The number of nitrogens with two attached hydrogens (primary N) is 1. The molecule has 0 fully saturated rings. The highest BCUT2D eigenvalue weighted by molar-refractivity contribution is 5.99. The lowest BCUT2D eigenvalue weighted by Crippen LogP contribution is -2.41. The summed E-state index contributed by atoms with van der Waals surface area (Å²) >= 11 is 0. The topological polar surface area (TPSA) is 139 Å². The average molecular weight is 296 g/mol. The summed E-state index contributed by atoms with van der Waals surface area (Å²) in [5.41, 5.74) is 4.84. The van der Waals surface area contributed by atoms with Crippen LogP contribution in [-0.2, 0) is 9.59 Å². The molecule has 1 aromatic carbocycles. The smallest absolute Gasteiger partial charge is 0.326 e. The lowest BCUT2D eigenvalue weighted by atomic mass is 10.1. The first-order valence-corrected chi connectivity index (χ1v) is 6.04. The predicted octanol–water partition coefficient (Wildman–Crippen LogP) is -0.151. The number of primary amides is 1. The molecular formula is C13H16N2O6. The van der Waals surface area contributed by atoms with Crippen molar-refractivity contribution in [2.45, 2.75) is 18.9 Å². The zero-order chi connectivity index (χ0) is 16.0. The van der Waals surface area contributed by atoms with Crippen molar-refractivity contribution in [1.82, 2.24) is 5.32 Å². The molecule has 5 N–H and O–H groups in total. The van der Waals surface area contributed by atoms with Gasteiger partial charge in [-0.2, -0.15) is 0 Å². The number of aliphatic carboxylic acids is 1. The molecule has 0 heterocycles. The third-order valence-electron chi connectivity index (χ3n) is 2.73. The second-order valence-corrected chi connectivity index (χ2v) is 4.25. The van der Waals surface area contributed by atoms with E-state index in [-0.39, 0.29) is 24.2 Å². The normalized spacial score (nSPS) is 11.5. The molecule has 8 nitrogen and oxygen atoms in total. The van der Waals surface area contributed by atoms with Crippen molar-refractivity contribution in [3.05, 3.63) is 23.8 Å². The van der Waals surface area contributed by atoms with Gasteiger partial charge in [0.15, 0.2) is 0 Å². The van der Waals surface area contributed by atoms with Gasteiger partial charge in [-0.15, -0.1) is 0 Å². The van der Waals surface area contributed by atoms with Gasteiger partial charge in [0.2, 0.25) is 5.91 Å². The van der Waals surface area contributed by atoms with E-state index in [1.807, 2.05) is 0 Å². The fraction of sp³-hybridized carbons (Fsp3) is 0.308. The number of aromatic hydroxyl groups is 1. The van der Waals surface area contributed by atoms with Crippen molar-refractivity contribution in [2.24, 2.45) is 5.73 Å². The van der Waals surface area contributed by atoms with E-state index in [0.29, 0.717) is 5.75 Å². The first kappa shape index (κ1) is 16.3. The van der Waals surface area contributed by atoms with Gasteiger partial charge in [-0.1, -0.05) is 0 Å². The third-order valence-corrected chi connectivity index (χ3v) is 2.73. The van der Waals surface area contributed by atoms with Gasteiger partial charge < -0.3 is 26.0 Å². The Bertz CT molecular complexity index is 558. The van der Waals surface area contributed by atoms with Crippen molar-refractivity contribution in [3.63, 3.8) is 0 Å². The molecule has 0 saturated heterocycles. The molecule has 8 heteroatoms. The summed E-state index contributed by atoms with van der Waals surface area (Å²) in [6.45, 7) is 0. The molecular weight excluding hydrogens is 280 g/mol. The predicted molar refractivity (Wildman–Crippen MR) is 72.0 cm³/mol. The number of phenols is 1. The van der Waals surface area contributed by atoms with Crippen LogP contribution in [0.3, 0.4) is 0 Å². The van der Waals surface area contributed by atoms with Crippen molar-refractivity contribution in [1.29, 1.82) is 0 Å². The SMILES string of the molecule is COc1ccc(C(=O)N[C@H](CCC(N)=O)C(=O)O)c(O)c1. The van der Waals surface area contributed by atoms with Crippen molar-refractivity contribution in [3.8, 4) is 11.5 Å². The van der Waals surface area contributed by atoms with Gasteiger partial charge in [-0.3, -0.25) is 9.59 Å². The number of carboxylic acid groups (broad SMARTS) is 1. The van der Waals surface area contributed by atoms with Crippen LogP contribution in [0, 0.1) is 0 Å². The first-order chi connectivity index (χ1) is 9.85. The Morgan fingerprint density at radius 2 is 2.05 bits per heavy atom. The molecule has 2 amide bonds. The number of carbonyl (C=O) groups excluding carboxylic acids is 2. The molecule has 0 aliphatic carbocycles. The minimum Gasteiger partial charge on any atom is -0.507 e. The fourth-order valence-electron chi connectivity index (χ4n) is 1.61. The molecule has 0 aromatic heterocycles. The molecule has 0 unspecified atom stereocenters. The van der Waals surface area contributed by atoms with Crippen LogP contribution < -0.4 is 15.8 Å². The largest absolute Gasteiger partial charge is 0.507 e. The maximum absolute atomic E-state index is 11.9. The van der Waals surface area contributed by atoms with Crippen molar-refractivity contribution in [2.75, 3.05) is 7.11 Å². The maximum Gasteiger partial charge on any atom is 0.326 e. The third kappa shape index (κ3) is 4.68. The van der Waals surface area contributed by atoms with Crippen LogP contribution in [-0.4, -0.2) is 41.1 Å². The number of carbonyl (C=O) groups is 3. The Morgan fingerprint density at radius 3 is 2.52 bits per heavy atom. The van der Waals surface area contributed by atoms with E-state index < -0.39 is 23.8 Å². The zero-order valence-electron chi connectivity index (χ0n) is 11.3. The highest BCUT2D eigenvalue weighted by Crippen LogP contribution is 2.23. The van der Waals surface area contributed by atoms with E-state index in [1.54, 1.807) is 0 Å². The molecule has 1 atom stereocenters. The summed E-state index contributed by atoms with van der Waals surface area (Å²) in [5.74, 6) is -2.72. The summed E-state index contributed by atoms with van der Waals surface area (Å²) in [6, 6.07) is 2.71. The quantitative estimate of drug-likeness (QED) is 0.552. The van der Waals surface area contributed by atoms with Crippen molar-refractivity contribution < 1.29 is 29.3 Å². The van der Waals surface area contributed by atoms with Crippen LogP contribution in [0.25, 0.3) is 0 Å². The molecule has 1 rings (SSSR count). The number of nitrogens with one attached hydrogen (secondary N) is 1. The highest BCUT2D eigenvalue weighted by Gasteiger charge is 2.22. The van der Waals surface area contributed by atoms with Gasteiger partial charge in [-0.05, 0) is 18.6 Å². The molecule has 0 saturated carbocycles. The number of amides is 2. The fourth-order valence-corrected chi connectivity index (χ4v) is 1.61. The maximum atomic E-state index is 11.9. The summed E-state index contributed by atoms with van der Waals surface area (Å²) in [7, 11) is 1.40. The van der Waals surface area contributed by atoms with Crippen LogP contribution in [0.5, 0.6) is 11.5 Å². The molecule has 21 heavy (non-hydrogen) atoms. The monoisotopic (exact) mass is 296 g/mol. The minimum atomic E-state index is -1.29. The van der Waals surface area contributed by atoms with Crippen LogP contribution >= 0.6 is 0 Å².